The van der Waals surface area contributed by atoms with Crippen LogP contribution in [0.25, 0.3) is 32.7 Å². The maximum Gasteiger partial charge on any atom is 0.206 e. The molecule has 8 nitrogen and oxygen atoms in total. The predicted octanol–water partition coefficient (Wildman–Crippen LogP) is 3.23. The average Bonchev–Trinajstić information content (AvgIpc) is 3.43. The number of anilines is 1. The molecule has 1 saturated heterocycles. The lowest BCUT2D eigenvalue weighted by Gasteiger charge is -2.24. The second-order valence-electron chi connectivity index (χ2n) is 7.43. The second-order valence-corrected chi connectivity index (χ2v) is 9.14. The Bertz CT molecular complexity index is 1170. The van der Waals surface area contributed by atoms with Gasteiger partial charge in [0.2, 0.25) is 5.82 Å². The fraction of sp³-hybridized carbons (Fsp3) is 0.300. The number of nitrogens with zero attached hydrogens (tertiary/aromatic N) is 4. The molecule has 154 valence electrons. The molecule has 2 aromatic carbocycles. The molecule has 0 radical (unpaired) electrons. The first-order chi connectivity index (χ1) is 14.7. The summed E-state index contributed by atoms with van der Waals surface area (Å²) in [4.78, 5) is 5.56. The third-order valence-corrected chi connectivity index (χ3v) is 7.17. The van der Waals surface area contributed by atoms with Gasteiger partial charge in [0.1, 0.15) is 0 Å². The number of piperidine rings is 1. The fourth-order valence-corrected chi connectivity index (χ4v) is 5.60. The van der Waals surface area contributed by atoms with Crippen LogP contribution in [0.15, 0.2) is 35.2 Å². The van der Waals surface area contributed by atoms with E-state index in [9.17, 15) is 0 Å². The monoisotopic (exact) mass is 438 g/mol. The van der Waals surface area contributed by atoms with Gasteiger partial charge in [0.05, 0.1) is 10.2 Å². The Balaban J connectivity index is 1.69. The lowest BCUT2D eigenvalue weighted by Crippen LogP contribution is -2.28. The van der Waals surface area contributed by atoms with Gasteiger partial charge in [-0.2, -0.15) is 5.21 Å². The minimum absolute atomic E-state index is 0.533. The summed E-state index contributed by atoms with van der Waals surface area (Å²) in [5.41, 5.74) is 11.0. The van der Waals surface area contributed by atoms with Gasteiger partial charge in [-0.15, -0.1) is 10.2 Å². The Morgan fingerprint density at radius 1 is 1.13 bits per heavy atom. The van der Waals surface area contributed by atoms with E-state index in [-0.39, 0.29) is 0 Å². The number of fused-ring (bicyclic) bond motifs is 1. The Hall–Kier alpha value is -2.53. The van der Waals surface area contributed by atoms with Crippen molar-refractivity contribution in [2.45, 2.75) is 24.2 Å². The molecular formula is C20H22N8S2. The van der Waals surface area contributed by atoms with Gasteiger partial charge in [0.15, 0.2) is 5.13 Å². The number of H-pyrrole nitrogens is 1. The molecule has 30 heavy (non-hydrogen) atoms. The average molecular weight is 439 g/mol. The van der Waals surface area contributed by atoms with Crippen molar-refractivity contribution >= 4 is 38.6 Å². The molecule has 5 rings (SSSR count). The Kier molecular flexibility index (Phi) is 5.38. The minimum Gasteiger partial charge on any atom is -0.375 e. The molecule has 0 spiro atoms. The summed E-state index contributed by atoms with van der Waals surface area (Å²) in [6, 6.07) is 10.4. The third kappa shape index (κ3) is 3.56. The zero-order valence-corrected chi connectivity index (χ0v) is 17.9. The van der Waals surface area contributed by atoms with Crippen molar-refractivity contribution in [3.05, 3.63) is 35.9 Å². The van der Waals surface area contributed by atoms with E-state index in [1.807, 2.05) is 12.1 Å². The topological polar surface area (TPSA) is 131 Å². The van der Waals surface area contributed by atoms with E-state index in [2.05, 4.69) is 49.1 Å². The zero-order valence-electron chi connectivity index (χ0n) is 16.3. The molecule has 2 aromatic heterocycles. The molecule has 10 heteroatoms. The van der Waals surface area contributed by atoms with Gasteiger partial charge in [0.25, 0.3) is 0 Å². The zero-order chi connectivity index (χ0) is 20.5. The van der Waals surface area contributed by atoms with Crippen LogP contribution in [0.3, 0.4) is 0 Å². The smallest absolute Gasteiger partial charge is 0.206 e. The highest BCUT2D eigenvalue weighted by Gasteiger charge is 2.23. The van der Waals surface area contributed by atoms with Crippen LogP contribution in [0.5, 0.6) is 0 Å². The van der Waals surface area contributed by atoms with Gasteiger partial charge in [-0.05, 0) is 72.6 Å². The van der Waals surface area contributed by atoms with Crippen LogP contribution in [0.1, 0.15) is 18.4 Å². The molecule has 0 saturated carbocycles. The third-order valence-electron chi connectivity index (χ3n) is 5.62. The standard InChI is InChI=1S/C20H22N8S2/c21-20-24-17-14(2-1-3-15(17)29-20)13-5-4-12(10-11-6-8-23-9-7-11)18(30-22)16(13)19-25-27-28-26-19/h1-5,11,23H,6-10,22H2,(H2,21,24)(H,25,26,27,28). The van der Waals surface area contributed by atoms with Crippen LogP contribution in [0, 0.1) is 5.92 Å². The first-order valence-corrected chi connectivity index (χ1v) is 11.6. The highest BCUT2D eigenvalue weighted by molar-refractivity contribution is 7.97. The van der Waals surface area contributed by atoms with E-state index in [1.165, 1.54) is 41.7 Å². The van der Waals surface area contributed by atoms with Gasteiger partial charge in [-0.1, -0.05) is 35.6 Å². The molecule has 0 unspecified atom stereocenters. The highest BCUT2D eigenvalue weighted by atomic mass is 32.2. The van der Waals surface area contributed by atoms with E-state index in [4.69, 9.17) is 10.9 Å². The number of hydrogen-bond acceptors (Lipinski definition) is 9. The van der Waals surface area contributed by atoms with Crippen LogP contribution in [-0.4, -0.2) is 38.7 Å². The molecule has 1 aliphatic heterocycles. The number of benzene rings is 2. The molecule has 3 heterocycles. The summed E-state index contributed by atoms with van der Waals surface area (Å²) in [7, 11) is 0. The van der Waals surface area contributed by atoms with Crippen molar-refractivity contribution in [2.24, 2.45) is 11.1 Å². The Morgan fingerprint density at radius 3 is 2.77 bits per heavy atom. The van der Waals surface area contributed by atoms with Gasteiger partial charge in [-0.25, -0.2) is 4.98 Å². The maximum absolute atomic E-state index is 6.21. The van der Waals surface area contributed by atoms with Crippen molar-refractivity contribution in [2.75, 3.05) is 18.8 Å². The van der Waals surface area contributed by atoms with Crippen LogP contribution >= 0.6 is 23.3 Å². The van der Waals surface area contributed by atoms with Gasteiger partial charge in [-0.3, -0.25) is 5.14 Å². The number of aromatic amines is 1. The van der Waals surface area contributed by atoms with E-state index >= 15 is 0 Å². The normalized spacial score (nSPS) is 15.1. The molecule has 0 atom stereocenters. The van der Waals surface area contributed by atoms with Gasteiger partial charge < -0.3 is 11.1 Å². The number of nitrogens with one attached hydrogen (secondary N) is 2. The molecule has 0 amide bonds. The molecule has 1 aliphatic rings. The molecule has 0 aliphatic carbocycles. The summed E-state index contributed by atoms with van der Waals surface area (Å²) in [5, 5.41) is 25.1. The first-order valence-electron chi connectivity index (χ1n) is 9.87. The van der Waals surface area contributed by atoms with E-state index in [0.29, 0.717) is 16.9 Å². The van der Waals surface area contributed by atoms with E-state index in [1.54, 1.807) is 0 Å². The SMILES string of the molecule is NSc1c(CC2CCNCC2)ccc(-c2cccc3sc(N)nc23)c1-c1nn[nH]n1. The van der Waals surface area contributed by atoms with Crippen molar-refractivity contribution in [1.29, 1.82) is 0 Å². The summed E-state index contributed by atoms with van der Waals surface area (Å²) in [5.74, 6) is 1.17. The lowest BCUT2D eigenvalue weighted by atomic mass is 9.88. The summed E-state index contributed by atoms with van der Waals surface area (Å²) in [6.07, 6.45) is 3.33. The molecular weight excluding hydrogens is 416 g/mol. The maximum atomic E-state index is 6.21. The van der Waals surface area contributed by atoms with Crippen molar-refractivity contribution in [3.8, 4) is 22.5 Å². The fourth-order valence-electron chi connectivity index (χ4n) is 4.22. The summed E-state index contributed by atoms with van der Waals surface area (Å²) >= 11 is 2.73. The largest absolute Gasteiger partial charge is 0.375 e. The second kappa shape index (κ2) is 8.31. The number of nitrogen functional groups attached to an aromatic ring is 1. The number of nitrogens with two attached hydrogens (primary N) is 2. The Morgan fingerprint density at radius 2 is 2.00 bits per heavy atom. The number of para-hydroxylation sites is 1. The number of tetrazole rings is 1. The van der Waals surface area contributed by atoms with E-state index in [0.717, 1.165) is 51.3 Å². The Labute approximate surface area is 182 Å². The van der Waals surface area contributed by atoms with Crippen LogP contribution in [-0.2, 0) is 6.42 Å². The molecule has 0 bridgehead atoms. The predicted molar refractivity (Wildman–Crippen MR) is 122 cm³/mol. The van der Waals surface area contributed by atoms with E-state index < -0.39 is 0 Å². The number of rotatable bonds is 5. The van der Waals surface area contributed by atoms with Crippen molar-refractivity contribution in [3.63, 3.8) is 0 Å². The molecule has 1 fully saturated rings. The number of hydrogen-bond donors (Lipinski definition) is 4. The van der Waals surface area contributed by atoms with Gasteiger partial charge >= 0.3 is 0 Å². The number of aromatic nitrogens is 5. The molecule has 6 N–H and O–H groups in total. The van der Waals surface area contributed by atoms with Crippen LogP contribution in [0.4, 0.5) is 5.13 Å². The van der Waals surface area contributed by atoms with Crippen molar-refractivity contribution < 1.29 is 0 Å². The molecule has 4 aromatic rings. The number of thiazole rings is 1. The quantitative estimate of drug-likeness (QED) is 0.349. The minimum atomic E-state index is 0.533. The summed E-state index contributed by atoms with van der Waals surface area (Å²) < 4.78 is 1.05. The summed E-state index contributed by atoms with van der Waals surface area (Å²) in [6.45, 7) is 2.14. The first kappa shape index (κ1) is 19.4. The van der Waals surface area contributed by atoms with Crippen LogP contribution < -0.4 is 16.2 Å². The lowest BCUT2D eigenvalue weighted by molar-refractivity contribution is 0.371. The highest BCUT2D eigenvalue weighted by Crippen LogP contribution is 2.42. The van der Waals surface area contributed by atoms with Gasteiger partial charge in [0, 0.05) is 16.0 Å². The van der Waals surface area contributed by atoms with Crippen molar-refractivity contribution in [1.82, 2.24) is 30.9 Å². The van der Waals surface area contributed by atoms with Crippen LogP contribution in [0.2, 0.25) is 0 Å².